The highest BCUT2D eigenvalue weighted by molar-refractivity contribution is 9.10. The molecule has 0 saturated carbocycles. The van der Waals surface area contributed by atoms with Crippen LogP contribution in [0.2, 0.25) is 0 Å². The molecule has 1 aromatic rings. The van der Waals surface area contributed by atoms with Gasteiger partial charge in [-0.2, -0.15) is 0 Å². The van der Waals surface area contributed by atoms with Gasteiger partial charge in [-0.15, -0.1) is 0 Å². The SMILES string of the molecule is Cc1cnc(NCCC(=O)NCC(C)C)c(Br)c1. The van der Waals surface area contributed by atoms with E-state index in [0.717, 1.165) is 22.4 Å². The lowest BCUT2D eigenvalue weighted by Gasteiger charge is -2.09. The molecule has 0 saturated heterocycles. The predicted molar refractivity (Wildman–Crippen MR) is 77.6 cm³/mol. The van der Waals surface area contributed by atoms with Crippen LogP contribution in [-0.2, 0) is 4.79 Å². The third kappa shape index (κ3) is 5.49. The number of hydrogen-bond acceptors (Lipinski definition) is 3. The lowest BCUT2D eigenvalue weighted by atomic mass is 10.2. The summed E-state index contributed by atoms with van der Waals surface area (Å²) < 4.78 is 0.921. The van der Waals surface area contributed by atoms with Gasteiger partial charge in [0.05, 0.1) is 4.47 Å². The Morgan fingerprint density at radius 2 is 2.22 bits per heavy atom. The van der Waals surface area contributed by atoms with E-state index in [0.29, 0.717) is 18.9 Å². The lowest BCUT2D eigenvalue weighted by molar-refractivity contribution is -0.120. The van der Waals surface area contributed by atoms with E-state index in [4.69, 9.17) is 0 Å². The minimum Gasteiger partial charge on any atom is -0.369 e. The van der Waals surface area contributed by atoms with Crippen LogP contribution in [0.3, 0.4) is 0 Å². The van der Waals surface area contributed by atoms with Crippen LogP contribution in [0.15, 0.2) is 16.7 Å². The van der Waals surface area contributed by atoms with E-state index in [1.54, 1.807) is 6.20 Å². The number of halogens is 1. The summed E-state index contributed by atoms with van der Waals surface area (Å²) in [7, 11) is 0. The summed E-state index contributed by atoms with van der Waals surface area (Å²) in [6.07, 6.45) is 2.25. The Hall–Kier alpha value is -1.10. The van der Waals surface area contributed by atoms with Crippen LogP contribution in [0.25, 0.3) is 0 Å². The molecule has 18 heavy (non-hydrogen) atoms. The first-order valence-electron chi connectivity index (χ1n) is 6.11. The van der Waals surface area contributed by atoms with Crippen LogP contribution in [0, 0.1) is 12.8 Å². The van der Waals surface area contributed by atoms with Crippen molar-refractivity contribution >= 4 is 27.7 Å². The second-order valence-electron chi connectivity index (χ2n) is 4.72. The van der Waals surface area contributed by atoms with E-state index in [1.807, 2.05) is 13.0 Å². The Balaban J connectivity index is 2.31. The van der Waals surface area contributed by atoms with Crippen LogP contribution in [0.5, 0.6) is 0 Å². The number of rotatable bonds is 6. The fourth-order valence-corrected chi connectivity index (χ4v) is 1.97. The monoisotopic (exact) mass is 313 g/mol. The molecule has 2 N–H and O–H groups in total. The molecule has 1 aromatic heterocycles. The van der Waals surface area contributed by atoms with Crippen molar-refractivity contribution in [2.45, 2.75) is 27.2 Å². The average Bonchev–Trinajstić information content (AvgIpc) is 2.29. The summed E-state index contributed by atoms with van der Waals surface area (Å²) in [5.41, 5.74) is 1.10. The predicted octanol–water partition coefficient (Wildman–Crippen LogP) is 2.73. The molecule has 1 amide bonds. The van der Waals surface area contributed by atoms with Gasteiger partial charge >= 0.3 is 0 Å². The van der Waals surface area contributed by atoms with E-state index >= 15 is 0 Å². The molecule has 100 valence electrons. The Morgan fingerprint density at radius 3 is 2.83 bits per heavy atom. The number of pyridine rings is 1. The summed E-state index contributed by atoms with van der Waals surface area (Å²) in [6.45, 7) is 7.45. The van der Waals surface area contributed by atoms with Crippen LogP contribution in [0.4, 0.5) is 5.82 Å². The zero-order chi connectivity index (χ0) is 13.5. The minimum absolute atomic E-state index is 0.0689. The van der Waals surface area contributed by atoms with E-state index in [1.165, 1.54) is 0 Å². The van der Waals surface area contributed by atoms with Gasteiger partial charge in [0, 0.05) is 25.7 Å². The second-order valence-corrected chi connectivity index (χ2v) is 5.57. The first-order valence-corrected chi connectivity index (χ1v) is 6.91. The maximum absolute atomic E-state index is 11.5. The van der Waals surface area contributed by atoms with Crippen molar-refractivity contribution in [3.05, 3.63) is 22.3 Å². The lowest BCUT2D eigenvalue weighted by Crippen LogP contribution is -2.28. The first-order chi connectivity index (χ1) is 8.49. The normalized spacial score (nSPS) is 10.5. The molecular formula is C13H20BrN3O. The highest BCUT2D eigenvalue weighted by Crippen LogP contribution is 2.20. The number of carbonyl (C=O) groups excluding carboxylic acids is 1. The van der Waals surface area contributed by atoms with Gasteiger partial charge in [-0.05, 0) is 40.4 Å². The third-order valence-electron chi connectivity index (χ3n) is 2.33. The van der Waals surface area contributed by atoms with Crippen molar-refractivity contribution in [3.8, 4) is 0 Å². The highest BCUT2D eigenvalue weighted by atomic mass is 79.9. The summed E-state index contributed by atoms with van der Waals surface area (Å²) in [6, 6.07) is 1.99. The quantitative estimate of drug-likeness (QED) is 0.849. The zero-order valence-electron chi connectivity index (χ0n) is 11.1. The molecule has 0 aliphatic rings. The average molecular weight is 314 g/mol. The smallest absolute Gasteiger partial charge is 0.221 e. The summed E-state index contributed by atoms with van der Waals surface area (Å²) >= 11 is 3.44. The van der Waals surface area contributed by atoms with Gasteiger partial charge in [-0.25, -0.2) is 4.98 Å². The van der Waals surface area contributed by atoms with Gasteiger partial charge in [-0.3, -0.25) is 4.79 Å². The zero-order valence-corrected chi connectivity index (χ0v) is 12.7. The van der Waals surface area contributed by atoms with E-state index in [2.05, 4.69) is 45.4 Å². The number of nitrogens with one attached hydrogen (secondary N) is 2. The molecule has 0 fully saturated rings. The molecule has 0 atom stereocenters. The standard InChI is InChI=1S/C13H20BrN3O/c1-9(2)7-16-12(18)4-5-15-13-11(14)6-10(3)8-17-13/h6,8-9H,4-5,7H2,1-3H3,(H,15,17)(H,16,18). The van der Waals surface area contributed by atoms with Crippen LogP contribution >= 0.6 is 15.9 Å². The Kier molecular flexibility index (Phi) is 6.12. The number of hydrogen-bond donors (Lipinski definition) is 2. The summed E-state index contributed by atoms with van der Waals surface area (Å²) in [5.74, 6) is 1.33. The Morgan fingerprint density at radius 1 is 1.50 bits per heavy atom. The number of amides is 1. The fourth-order valence-electron chi connectivity index (χ4n) is 1.36. The Labute approximate surface area is 117 Å². The fraction of sp³-hybridized carbons (Fsp3) is 0.538. The maximum atomic E-state index is 11.5. The Bertz CT molecular complexity index is 407. The number of aryl methyl sites for hydroxylation is 1. The van der Waals surface area contributed by atoms with Crippen molar-refractivity contribution in [2.75, 3.05) is 18.4 Å². The highest BCUT2D eigenvalue weighted by Gasteiger charge is 2.04. The molecule has 1 rings (SSSR count). The first kappa shape index (κ1) is 15.0. The number of nitrogens with zero attached hydrogens (tertiary/aromatic N) is 1. The molecular weight excluding hydrogens is 294 g/mol. The van der Waals surface area contributed by atoms with Crippen molar-refractivity contribution in [2.24, 2.45) is 5.92 Å². The molecule has 0 aliphatic heterocycles. The van der Waals surface area contributed by atoms with Crippen LogP contribution < -0.4 is 10.6 Å². The maximum Gasteiger partial charge on any atom is 0.221 e. The summed E-state index contributed by atoms with van der Waals surface area (Å²) in [4.78, 5) is 15.8. The van der Waals surface area contributed by atoms with Crippen molar-refractivity contribution in [1.29, 1.82) is 0 Å². The number of aromatic nitrogens is 1. The number of carbonyl (C=O) groups is 1. The molecule has 0 aliphatic carbocycles. The largest absolute Gasteiger partial charge is 0.369 e. The van der Waals surface area contributed by atoms with Gasteiger partial charge < -0.3 is 10.6 Å². The van der Waals surface area contributed by atoms with Crippen molar-refractivity contribution < 1.29 is 4.79 Å². The van der Waals surface area contributed by atoms with Crippen molar-refractivity contribution in [3.63, 3.8) is 0 Å². The molecule has 0 bridgehead atoms. The minimum atomic E-state index is 0.0689. The van der Waals surface area contributed by atoms with Gasteiger partial charge in [0.15, 0.2) is 0 Å². The third-order valence-corrected chi connectivity index (χ3v) is 2.93. The van der Waals surface area contributed by atoms with Crippen LogP contribution in [0.1, 0.15) is 25.8 Å². The van der Waals surface area contributed by atoms with Crippen molar-refractivity contribution in [1.82, 2.24) is 10.3 Å². The molecule has 1 heterocycles. The van der Waals surface area contributed by atoms with Gasteiger partial charge in [0.1, 0.15) is 5.82 Å². The molecule has 0 radical (unpaired) electrons. The van der Waals surface area contributed by atoms with E-state index < -0.39 is 0 Å². The van der Waals surface area contributed by atoms with Gasteiger partial charge in [0.25, 0.3) is 0 Å². The summed E-state index contributed by atoms with van der Waals surface area (Å²) in [5, 5.41) is 6.02. The molecule has 0 spiro atoms. The van der Waals surface area contributed by atoms with Gasteiger partial charge in [0.2, 0.25) is 5.91 Å². The molecule has 4 nitrogen and oxygen atoms in total. The molecule has 0 unspecified atom stereocenters. The van der Waals surface area contributed by atoms with Crippen LogP contribution in [-0.4, -0.2) is 24.0 Å². The molecule has 5 heteroatoms. The topological polar surface area (TPSA) is 54.0 Å². The van der Waals surface area contributed by atoms with E-state index in [9.17, 15) is 4.79 Å². The number of anilines is 1. The van der Waals surface area contributed by atoms with E-state index in [-0.39, 0.29) is 5.91 Å². The van der Waals surface area contributed by atoms with Gasteiger partial charge in [-0.1, -0.05) is 13.8 Å². The molecule has 0 aromatic carbocycles. The second kappa shape index (κ2) is 7.36.